The number of aromatic amines is 1. The summed E-state index contributed by atoms with van der Waals surface area (Å²) in [4.78, 5) is 20.1. The quantitative estimate of drug-likeness (QED) is 0.211. The van der Waals surface area contributed by atoms with Crippen molar-refractivity contribution in [2.75, 3.05) is 7.11 Å². The van der Waals surface area contributed by atoms with E-state index in [1.165, 1.54) is 23.1 Å². The Hall–Kier alpha value is -1.84. The van der Waals surface area contributed by atoms with Gasteiger partial charge >= 0.3 is 0 Å². The molecule has 5 nitrogen and oxygen atoms in total. The third-order valence-corrected chi connectivity index (χ3v) is 6.88. The van der Waals surface area contributed by atoms with Crippen LogP contribution in [0.1, 0.15) is 5.56 Å². The molecule has 0 unspecified atom stereocenters. The van der Waals surface area contributed by atoms with Gasteiger partial charge in [-0.15, -0.1) is 0 Å². The average Bonchev–Trinajstić information content (AvgIpc) is 3.04. The number of rotatable bonds is 5. The van der Waals surface area contributed by atoms with E-state index in [9.17, 15) is 4.79 Å². The van der Waals surface area contributed by atoms with Crippen LogP contribution in [0.4, 0.5) is 0 Å². The fourth-order valence-electron chi connectivity index (χ4n) is 2.74. The van der Waals surface area contributed by atoms with Crippen molar-refractivity contribution in [3.8, 4) is 11.4 Å². The molecule has 0 atom stereocenters. The number of halogens is 2. The van der Waals surface area contributed by atoms with Gasteiger partial charge in [-0.1, -0.05) is 58.4 Å². The first kappa shape index (κ1) is 20.4. The highest BCUT2D eigenvalue weighted by Gasteiger charge is 2.17. The molecule has 0 bridgehead atoms. The molecule has 0 saturated carbocycles. The zero-order valence-corrected chi connectivity index (χ0v) is 18.9. The molecular formula is C19H13Cl2N3O2S3. The Labute approximate surface area is 189 Å². The minimum absolute atomic E-state index is 0.232. The predicted octanol–water partition coefficient (Wildman–Crippen LogP) is 6.11. The Morgan fingerprint density at radius 2 is 1.93 bits per heavy atom. The summed E-state index contributed by atoms with van der Waals surface area (Å²) in [5.74, 6) is 1.22. The van der Waals surface area contributed by atoms with E-state index in [0.717, 1.165) is 5.56 Å². The highest BCUT2D eigenvalue weighted by atomic mass is 35.5. The highest BCUT2D eigenvalue weighted by Crippen LogP contribution is 2.32. The fourth-order valence-corrected chi connectivity index (χ4v) is 5.11. The number of ether oxygens (including phenoxy) is 1. The van der Waals surface area contributed by atoms with Gasteiger partial charge in [0.2, 0.25) is 0 Å². The van der Waals surface area contributed by atoms with Crippen LogP contribution in [-0.4, -0.2) is 21.6 Å². The Balaban J connectivity index is 1.80. The number of thioether (sulfide) groups is 1. The second kappa shape index (κ2) is 8.49. The van der Waals surface area contributed by atoms with Gasteiger partial charge in [0.15, 0.2) is 14.8 Å². The highest BCUT2D eigenvalue weighted by molar-refractivity contribution is 7.98. The summed E-state index contributed by atoms with van der Waals surface area (Å²) < 4.78 is 8.11. The summed E-state index contributed by atoms with van der Waals surface area (Å²) in [6, 6.07) is 12.8. The molecule has 0 saturated heterocycles. The lowest BCUT2D eigenvalue weighted by atomic mass is 10.2. The number of aromatic nitrogens is 3. The normalized spacial score (nSPS) is 11.1. The summed E-state index contributed by atoms with van der Waals surface area (Å²) in [5, 5.41) is 1.71. The van der Waals surface area contributed by atoms with Crippen molar-refractivity contribution in [1.82, 2.24) is 14.5 Å². The molecule has 2 aromatic carbocycles. The molecular weight excluding hydrogens is 469 g/mol. The van der Waals surface area contributed by atoms with Gasteiger partial charge in [-0.25, -0.2) is 4.98 Å². The molecule has 0 radical (unpaired) electrons. The van der Waals surface area contributed by atoms with Crippen molar-refractivity contribution in [2.45, 2.75) is 10.9 Å². The lowest BCUT2D eigenvalue weighted by molar-refractivity contribution is 0.413. The molecule has 4 aromatic rings. The van der Waals surface area contributed by atoms with E-state index in [1.54, 1.807) is 29.9 Å². The second-order valence-corrected chi connectivity index (χ2v) is 9.44. The topological polar surface area (TPSA) is 59.9 Å². The first-order chi connectivity index (χ1) is 14.0. The van der Waals surface area contributed by atoms with Crippen LogP contribution in [0.3, 0.4) is 0 Å². The molecule has 0 aliphatic carbocycles. The average molecular weight is 482 g/mol. The van der Waals surface area contributed by atoms with Gasteiger partial charge < -0.3 is 9.72 Å². The van der Waals surface area contributed by atoms with Crippen molar-refractivity contribution in [3.05, 3.63) is 72.4 Å². The molecule has 1 N–H and O–H groups in total. The Kier molecular flexibility index (Phi) is 5.98. The number of H-pyrrole nitrogens is 1. The molecule has 0 aliphatic rings. The lowest BCUT2D eigenvalue weighted by Gasteiger charge is -2.11. The van der Waals surface area contributed by atoms with E-state index in [2.05, 4.69) is 9.97 Å². The SMILES string of the molecule is COc1ccc(Cl)cc1-n1c(=S)sc2c(=O)[nH]c(SCc3ccc(Cl)cc3)nc21. The van der Waals surface area contributed by atoms with Gasteiger partial charge in [0.1, 0.15) is 10.4 Å². The molecule has 0 amide bonds. The van der Waals surface area contributed by atoms with Crippen LogP contribution in [0.5, 0.6) is 5.75 Å². The molecule has 10 heteroatoms. The zero-order chi connectivity index (χ0) is 20.5. The number of nitrogens with zero attached hydrogens (tertiary/aromatic N) is 2. The maximum atomic E-state index is 12.6. The van der Waals surface area contributed by atoms with Crippen LogP contribution in [0.2, 0.25) is 10.0 Å². The molecule has 29 heavy (non-hydrogen) atoms. The fraction of sp³-hybridized carbons (Fsp3) is 0.105. The minimum atomic E-state index is -0.232. The van der Waals surface area contributed by atoms with Gasteiger partial charge in [-0.3, -0.25) is 9.36 Å². The Bertz CT molecular complexity index is 1310. The maximum absolute atomic E-state index is 12.6. The van der Waals surface area contributed by atoms with Crippen molar-refractivity contribution in [1.29, 1.82) is 0 Å². The van der Waals surface area contributed by atoms with E-state index >= 15 is 0 Å². The van der Waals surface area contributed by atoms with Crippen molar-refractivity contribution in [2.24, 2.45) is 0 Å². The van der Waals surface area contributed by atoms with Gasteiger partial charge in [0, 0.05) is 15.8 Å². The van der Waals surface area contributed by atoms with Crippen LogP contribution in [0.15, 0.2) is 52.4 Å². The second-order valence-electron chi connectivity index (χ2n) is 5.96. The molecule has 2 heterocycles. The molecule has 0 spiro atoms. The Morgan fingerprint density at radius 3 is 2.66 bits per heavy atom. The number of benzene rings is 2. The molecule has 148 valence electrons. The predicted molar refractivity (Wildman–Crippen MR) is 123 cm³/mol. The maximum Gasteiger partial charge on any atom is 0.271 e. The molecule has 4 rings (SSSR count). The largest absolute Gasteiger partial charge is 0.495 e. The van der Waals surface area contributed by atoms with Crippen LogP contribution in [0, 0.1) is 3.95 Å². The van der Waals surface area contributed by atoms with E-state index in [4.69, 9.17) is 40.2 Å². The van der Waals surface area contributed by atoms with E-state index in [1.807, 2.05) is 24.3 Å². The van der Waals surface area contributed by atoms with Crippen LogP contribution in [0.25, 0.3) is 16.0 Å². The van der Waals surface area contributed by atoms with Crippen molar-refractivity contribution >= 4 is 68.9 Å². The van der Waals surface area contributed by atoms with Gasteiger partial charge in [-0.2, -0.15) is 0 Å². The zero-order valence-electron chi connectivity index (χ0n) is 14.9. The summed E-state index contributed by atoms with van der Waals surface area (Å²) in [6.07, 6.45) is 0. The third-order valence-electron chi connectivity index (χ3n) is 4.09. The summed E-state index contributed by atoms with van der Waals surface area (Å²) in [6.45, 7) is 0. The smallest absolute Gasteiger partial charge is 0.271 e. The number of thiazole rings is 1. The lowest BCUT2D eigenvalue weighted by Crippen LogP contribution is -2.09. The monoisotopic (exact) mass is 481 g/mol. The standard InChI is InChI=1S/C19H13Cl2N3O2S3/c1-26-14-7-6-12(21)8-13(14)24-16-15(29-19(24)27)17(25)23-18(22-16)28-9-10-2-4-11(20)5-3-10/h2-8H,9H2,1H3,(H,22,23,25). The number of nitrogens with one attached hydrogen (secondary N) is 1. The minimum Gasteiger partial charge on any atom is -0.495 e. The first-order valence-electron chi connectivity index (χ1n) is 8.33. The van der Waals surface area contributed by atoms with Gasteiger partial charge in [-0.05, 0) is 48.1 Å². The molecule has 2 aromatic heterocycles. The molecule has 0 aliphatic heterocycles. The van der Waals surface area contributed by atoms with E-state index in [-0.39, 0.29) is 5.56 Å². The third kappa shape index (κ3) is 4.22. The van der Waals surface area contributed by atoms with Crippen molar-refractivity contribution in [3.63, 3.8) is 0 Å². The molecule has 0 fully saturated rings. The van der Waals surface area contributed by atoms with Gasteiger partial charge in [0.05, 0.1) is 12.8 Å². The number of hydrogen-bond donors (Lipinski definition) is 1. The van der Waals surface area contributed by atoms with Crippen molar-refractivity contribution < 1.29 is 4.74 Å². The first-order valence-corrected chi connectivity index (χ1v) is 11.3. The summed E-state index contributed by atoms with van der Waals surface area (Å²) in [5.41, 5.74) is 1.95. The summed E-state index contributed by atoms with van der Waals surface area (Å²) >= 11 is 20.3. The number of fused-ring (bicyclic) bond motifs is 1. The van der Waals surface area contributed by atoms with Crippen LogP contribution >= 0.6 is 58.5 Å². The van der Waals surface area contributed by atoms with E-state index < -0.39 is 0 Å². The van der Waals surface area contributed by atoms with Crippen LogP contribution in [-0.2, 0) is 5.75 Å². The Morgan fingerprint density at radius 1 is 1.21 bits per heavy atom. The van der Waals surface area contributed by atoms with Crippen LogP contribution < -0.4 is 10.3 Å². The van der Waals surface area contributed by atoms with E-state index in [0.29, 0.717) is 46.7 Å². The number of hydrogen-bond acceptors (Lipinski definition) is 6. The summed E-state index contributed by atoms with van der Waals surface area (Å²) in [7, 11) is 1.57. The van der Waals surface area contributed by atoms with Gasteiger partial charge in [0.25, 0.3) is 5.56 Å². The number of methoxy groups -OCH3 is 1.